The number of thiazole rings is 1. The fourth-order valence-corrected chi connectivity index (χ4v) is 5.65. The van der Waals surface area contributed by atoms with Gasteiger partial charge in [0, 0.05) is 36.4 Å². The van der Waals surface area contributed by atoms with E-state index in [9.17, 15) is 18.0 Å². The van der Waals surface area contributed by atoms with E-state index in [1.54, 1.807) is 11.3 Å². The first-order valence-electron chi connectivity index (χ1n) is 10.4. The van der Waals surface area contributed by atoms with Crippen LogP contribution in [0.1, 0.15) is 33.5 Å². The number of alkyl halides is 3. The zero-order valence-corrected chi connectivity index (χ0v) is 18.1. The van der Waals surface area contributed by atoms with Gasteiger partial charge in [0.2, 0.25) is 0 Å². The molecule has 1 aliphatic carbocycles. The minimum Gasteiger partial charge on any atom is -0.371 e. The summed E-state index contributed by atoms with van der Waals surface area (Å²) in [7, 11) is 0. The third-order valence-electron chi connectivity index (χ3n) is 6.39. The molecule has 1 aliphatic heterocycles. The molecular weight excluding hydrogens is 425 g/mol. The number of piperidine rings is 1. The zero-order chi connectivity index (χ0) is 21.9. The van der Waals surface area contributed by atoms with E-state index in [4.69, 9.17) is 0 Å². The summed E-state index contributed by atoms with van der Waals surface area (Å²) in [5.41, 5.74) is 3.23. The fourth-order valence-electron chi connectivity index (χ4n) is 4.80. The molecule has 3 heterocycles. The number of amides is 1. The van der Waals surface area contributed by atoms with Crippen molar-refractivity contribution in [3.63, 3.8) is 0 Å². The van der Waals surface area contributed by atoms with Crippen LogP contribution in [0.15, 0.2) is 30.5 Å². The summed E-state index contributed by atoms with van der Waals surface area (Å²) in [6.07, 6.45) is -1.46. The molecule has 3 aromatic rings. The van der Waals surface area contributed by atoms with Crippen molar-refractivity contribution in [3.8, 4) is 0 Å². The number of carbonyl (C=O) groups excluding carboxylic acids is 1. The number of aromatic nitrogens is 2. The monoisotopic (exact) mass is 448 g/mol. The minimum absolute atomic E-state index is 0.163. The summed E-state index contributed by atoms with van der Waals surface area (Å²) >= 11 is 1.56. The molecule has 5 nitrogen and oxygen atoms in total. The van der Waals surface area contributed by atoms with Gasteiger partial charge in [0.25, 0.3) is 5.91 Å². The lowest BCUT2D eigenvalue weighted by Gasteiger charge is -2.23. The highest BCUT2D eigenvalue weighted by Crippen LogP contribution is 2.59. The molecule has 2 unspecified atom stereocenters. The number of aryl methyl sites for hydroxylation is 2. The largest absolute Gasteiger partial charge is 0.392 e. The lowest BCUT2D eigenvalue weighted by molar-refractivity contribution is -0.154. The van der Waals surface area contributed by atoms with Crippen molar-refractivity contribution in [3.05, 3.63) is 52.3 Å². The first-order chi connectivity index (χ1) is 14.8. The smallest absolute Gasteiger partial charge is 0.371 e. The van der Waals surface area contributed by atoms with Crippen LogP contribution in [-0.2, 0) is 13.0 Å². The van der Waals surface area contributed by atoms with Crippen LogP contribution in [0.3, 0.4) is 0 Å². The first-order valence-corrected chi connectivity index (χ1v) is 11.2. The normalized spacial score (nSPS) is 22.7. The molecular formula is C22H23F3N4OS. The van der Waals surface area contributed by atoms with Gasteiger partial charge >= 0.3 is 6.18 Å². The third kappa shape index (κ3) is 3.58. The third-order valence-corrected chi connectivity index (χ3v) is 7.29. The lowest BCUT2D eigenvalue weighted by atomic mass is 10.1. The van der Waals surface area contributed by atoms with Crippen LogP contribution in [-0.4, -0.2) is 34.6 Å². The van der Waals surface area contributed by atoms with Crippen LogP contribution in [0, 0.1) is 24.7 Å². The average Bonchev–Trinajstić information content (AvgIpc) is 3.00. The maximum atomic E-state index is 12.9. The molecule has 9 heteroatoms. The van der Waals surface area contributed by atoms with Gasteiger partial charge in [0.15, 0.2) is 4.96 Å². The Labute approximate surface area is 181 Å². The Hall–Kier alpha value is -2.55. The highest BCUT2D eigenvalue weighted by atomic mass is 32.1. The van der Waals surface area contributed by atoms with E-state index < -0.39 is 12.1 Å². The Morgan fingerprint density at radius 2 is 1.90 bits per heavy atom. The molecule has 1 N–H and O–H groups in total. The van der Waals surface area contributed by atoms with Crippen molar-refractivity contribution in [2.24, 2.45) is 17.8 Å². The number of hydrogen-bond donors (Lipinski definition) is 1. The quantitative estimate of drug-likeness (QED) is 0.628. The number of halogens is 3. The molecule has 1 aromatic carbocycles. The van der Waals surface area contributed by atoms with Gasteiger partial charge in [-0.3, -0.25) is 9.20 Å². The molecule has 2 fully saturated rings. The van der Waals surface area contributed by atoms with E-state index in [-0.39, 0.29) is 17.7 Å². The predicted octanol–water partition coefficient (Wildman–Crippen LogP) is 4.44. The van der Waals surface area contributed by atoms with Crippen molar-refractivity contribution in [1.29, 1.82) is 0 Å². The number of hydrogen-bond acceptors (Lipinski definition) is 4. The first kappa shape index (κ1) is 20.4. The summed E-state index contributed by atoms with van der Waals surface area (Å²) in [6, 6.07) is 7.68. The minimum atomic E-state index is -4.07. The van der Waals surface area contributed by atoms with Gasteiger partial charge in [0.1, 0.15) is 5.69 Å². The molecule has 0 radical (unpaired) electrons. The summed E-state index contributed by atoms with van der Waals surface area (Å²) < 4.78 is 40.5. The molecule has 2 atom stereocenters. The van der Waals surface area contributed by atoms with E-state index in [0.29, 0.717) is 31.7 Å². The molecule has 2 aliphatic rings. The van der Waals surface area contributed by atoms with Gasteiger partial charge in [-0.05, 0) is 42.9 Å². The van der Waals surface area contributed by atoms with E-state index in [2.05, 4.69) is 10.3 Å². The van der Waals surface area contributed by atoms with Crippen LogP contribution >= 0.6 is 11.3 Å². The maximum absolute atomic E-state index is 12.9. The molecule has 5 rings (SSSR count). The fraction of sp³-hybridized carbons (Fsp3) is 0.455. The van der Waals surface area contributed by atoms with E-state index >= 15 is 0 Å². The molecule has 1 saturated carbocycles. The molecule has 164 valence electrons. The molecule has 31 heavy (non-hydrogen) atoms. The Morgan fingerprint density at radius 1 is 1.23 bits per heavy atom. The summed E-state index contributed by atoms with van der Waals surface area (Å²) in [5, 5.41) is 2.97. The molecule has 0 spiro atoms. The SMILES string of the molecule is CCc1nc2sc(C)cn2c1C(=O)NCc1ccc(N2CC3C(C2)C3C(F)(F)F)cc1. The number of benzene rings is 1. The summed E-state index contributed by atoms with van der Waals surface area (Å²) in [4.78, 5) is 21.3. The van der Waals surface area contributed by atoms with Gasteiger partial charge < -0.3 is 10.2 Å². The second-order valence-electron chi connectivity index (χ2n) is 8.40. The second-order valence-corrected chi connectivity index (χ2v) is 9.62. The van der Waals surface area contributed by atoms with E-state index in [0.717, 1.165) is 26.8 Å². The lowest BCUT2D eigenvalue weighted by Crippen LogP contribution is -2.28. The number of nitrogens with one attached hydrogen (secondary N) is 1. The van der Waals surface area contributed by atoms with Gasteiger partial charge in [0.05, 0.1) is 11.6 Å². The van der Waals surface area contributed by atoms with Crippen LogP contribution in [0.5, 0.6) is 0 Å². The standard InChI is InChI=1S/C22H23F3N4OS/c1-3-17-19(29-9-12(2)31-21(29)27-17)20(30)26-8-13-4-6-14(7-5-13)28-10-15-16(11-28)18(15)22(23,24)25/h4-7,9,15-16,18H,3,8,10-11H2,1-2H3,(H,26,30). The van der Waals surface area contributed by atoms with Crippen molar-refractivity contribution >= 4 is 27.9 Å². The number of nitrogens with zero attached hydrogens (tertiary/aromatic N) is 3. The molecule has 1 amide bonds. The molecule has 1 saturated heterocycles. The Bertz CT molecular complexity index is 1120. The van der Waals surface area contributed by atoms with Crippen LogP contribution in [0.4, 0.5) is 18.9 Å². The number of rotatable bonds is 5. The number of carbonyl (C=O) groups is 1. The van der Waals surface area contributed by atoms with Gasteiger partial charge in [-0.25, -0.2) is 4.98 Å². The van der Waals surface area contributed by atoms with Gasteiger partial charge in [-0.15, -0.1) is 11.3 Å². The van der Waals surface area contributed by atoms with Crippen molar-refractivity contribution in [1.82, 2.24) is 14.7 Å². The van der Waals surface area contributed by atoms with Crippen LogP contribution in [0.25, 0.3) is 4.96 Å². The Morgan fingerprint density at radius 3 is 2.52 bits per heavy atom. The Kier molecular flexibility index (Phi) is 4.76. The van der Waals surface area contributed by atoms with Crippen LogP contribution in [0.2, 0.25) is 0 Å². The van der Waals surface area contributed by atoms with Gasteiger partial charge in [-0.2, -0.15) is 13.2 Å². The topological polar surface area (TPSA) is 49.6 Å². The highest BCUT2D eigenvalue weighted by Gasteiger charge is 2.67. The summed E-state index contributed by atoms with van der Waals surface area (Å²) in [5.74, 6) is -1.81. The number of anilines is 1. The van der Waals surface area contributed by atoms with E-state index in [1.165, 1.54) is 0 Å². The van der Waals surface area contributed by atoms with E-state index in [1.807, 2.05) is 53.6 Å². The van der Waals surface area contributed by atoms with Crippen molar-refractivity contribution in [2.75, 3.05) is 18.0 Å². The zero-order valence-electron chi connectivity index (χ0n) is 17.2. The van der Waals surface area contributed by atoms with Gasteiger partial charge in [-0.1, -0.05) is 19.1 Å². The molecule has 0 bridgehead atoms. The predicted molar refractivity (Wildman–Crippen MR) is 114 cm³/mol. The van der Waals surface area contributed by atoms with Crippen LogP contribution < -0.4 is 10.2 Å². The van der Waals surface area contributed by atoms with Crippen molar-refractivity contribution in [2.45, 2.75) is 33.0 Å². The summed E-state index contributed by atoms with van der Waals surface area (Å²) in [6.45, 7) is 5.26. The average molecular weight is 449 g/mol. The second kappa shape index (κ2) is 7.25. The maximum Gasteiger partial charge on any atom is 0.392 e. The number of imidazole rings is 1. The van der Waals surface area contributed by atoms with Crippen molar-refractivity contribution < 1.29 is 18.0 Å². The number of fused-ring (bicyclic) bond motifs is 2. The highest BCUT2D eigenvalue weighted by molar-refractivity contribution is 7.17. The Balaban J connectivity index is 1.21. The molecule has 2 aromatic heterocycles.